The lowest BCUT2D eigenvalue weighted by Crippen LogP contribution is -2.50. The van der Waals surface area contributed by atoms with Crippen molar-refractivity contribution in [2.24, 2.45) is 0 Å². The summed E-state index contributed by atoms with van der Waals surface area (Å²) < 4.78 is 10.5. The van der Waals surface area contributed by atoms with E-state index in [-0.39, 0.29) is 6.03 Å². The van der Waals surface area contributed by atoms with Gasteiger partial charge in [0, 0.05) is 37.9 Å². The number of anilines is 2. The Morgan fingerprint density at radius 3 is 2.42 bits per heavy atom. The molecule has 2 aromatic rings. The van der Waals surface area contributed by atoms with Crippen LogP contribution in [0.4, 0.5) is 16.2 Å². The topological polar surface area (TPSA) is 54.0 Å². The van der Waals surface area contributed by atoms with E-state index >= 15 is 0 Å². The molecule has 6 nitrogen and oxygen atoms in total. The third-order valence-electron chi connectivity index (χ3n) is 4.58. The van der Waals surface area contributed by atoms with Gasteiger partial charge in [-0.15, -0.1) is 0 Å². The van der Waals surface area contributed by atoms with E-state index in [1.165, 1.54) is 11.3 Å². The van der Waals surface area contributed by atoms with E-state index in [1.807, 2.05) is 4.90 Å². The summed E-state index contributed by atoms with van der Waals surface area (Å²) in [5.41, 5.74) is 3.09. The minimum absolute atomic E-state index is 0.114. The highest BCUT2D eigenvalue weighted by molar-refractivity contribution is 5.91. The van der Waals surface area contributed by atoms with E-state index in [0.29, 0.717) is 30.3 Å². The normalized spacial score (nSPS) is 14.1. The van der Waals surface area contributed by atoms with Gasteiger partial charge in [0.1, 0.15) is 11.5 Å². The zero-order valence-corrected chi connectivity index (χ0v) is 15.5. The van der Waals surface area contributed by atoms with E-state index in [4.69, 9.17) is 9.47 Å². The number of carbonyl (C=O) groups is 1. The average Bonchev–Trinajstić information content (AvgIpc) is 2.68. The lowest BCUT2D eigenvalue weighted by molar-refractivity contribution is 0.208. The summed E-state index contributed by atoms with van der Waals surface area (Å²) in [7, 11) is 3.17. The maximum absolute atomic E-state index is 12.6. The summed E-state index contributed by atoms with van der Waals surface area (Å²) in [5.74, 6) is 1.27. The SMILES string of the molecule is COc1ccc(NC(=O)N2CCN(c3cccc(C)c3)CC2)c(OC)c1. The van der Waals surface area contributed by atoms with Crippen LogP contribution in [0.1, 0.15) is 5.56 Å². The predicted molar refractivity (Wildman–Crippen MR) is 104 cm³/mol. The molecule has 2 amide bonds. The number of ether oxygens (including phenoxy) is 2. The van der Waals surface area contributed by atoms with Gasteiger partial charge in [-0.25, -0.2) is 4.79 Å². The van der Waals surface area contributed by atoms with Crippen LogP contribution in [-0.2, 0) is 0 Å². The Bertz CT molecular complexity index is 771. The lowest BCUT2D eigenvalue weighted by Gasteiger charge is -2.36. The molecule has 0 bridgehead atoms. The average molecular weight is 355 g/mol. The number of aryl methyl sites for hydroxylation is 1. The summed E-state index contributed by atoms with van der Waals surface area (Å²) in [5, 5.41) is 2.93. The number of amides is 2. The van der Waals surface area contributed by atoms with Gasteiger partial charge in [0.15, 0.2) is 0 Å². The molecule has 1 heterocycles. The molecular formula is C20H25N3O3. The minimum atomic E-state index is -0.114. The molecule has 1 N–H and O–H groups in total. The van der Waals surface area contributed by atoms with E-state index in [1.54, 1.807) is 32.4 Å². The molecule has 0 unspecified atom stereocenters. The predicted octanol–water partition coefficient (Wildman–Crippen LogP) is 3.37. The monoisotopic (exact) mass is 355 g/mol. The van der Waals surface area contributed by atoms with Crippen LogP contribution in [-0.4, -0.2) is 51.3 Å². The van der Waals surface area contributed by atoms with Gasteiger partial charge in [-0.3, -0.25) is 0 Å². The molecule has 1 aliphatic rings. The van der Waals surface area contributed by atoms with Crippen LogP contribution in [0.15, 0.2) is 42.5 Å². The Hall–Kier alpha value is -2.89. The Kier molecular flexibility index (Phi) is 5.51. The lowest BCUT2D eigenvalue weighted by atomic mass is 10.2. The minimum Gasteiger partial charge on any atom is -0.497 e. The van der Waals surface area contributed by atoms with Gasteiger partial charge >= 0.3 is 6.03 Å². The summed E-state index contributed by atoms with van der Waals surface area (Å²) >= 11 is 0. The molecule has 26 heavy (non-hydrogen) atoms. The Labute approximate surface area is 154 Å². The second-order valence-electron chi connectivity index (χ2n) is 6.31. The number of benzene rings is 2. The first-order valence-corrected chi connectivity index (χ1v) is 8.70. The van der Waals surface area contributed by atoms with Gasteiger partial charge in [-0.05, 0) is 36.8 Å². The Morgan fingerprint density at radius 1 is 1.00 bits per heavy atom. The molecule has 2 aromatic carbocycles. The molecule has 1 fully saturated rings. The fraction of sp³-hybridized carbons (Fsp3) is 0.350. The molecule has 1 aliphatic heterocycles. The van der Waals surface area contributed by atoms with Gasteiger partial charge in [0.2, 0.25) is 0 Å². The standard InChI is InChI=1S/C20H25N3O3/c1-15-5-4-6-16(13-15)22-9-11-23(12-10-22)20(24)21-18-8-7-17(25-2)14-19(18)26-3/h4-8,13-14H,9-12H2,1-3H3,(H,21,24). The van der Waals surface area contributed by atoms with Gasteiger partial charge in [0.05, 0.1) is 19.9 Å². The number of carbonyl (C=O) groups excluding carboxylic acids is 1. The van der Waals surface area contributed by atoms with Crippen molar-refractivity contribution >= 4 is 17.4 Å². The molecule has 138 valence electrons. The largest absolute Gasteiger partial charge is 0.497 e. The van der Waals surface area contributed by atoms with E-state index in [2.05, 4.69) is 41.4 Å². The van der Waals surface area contributed by atoms with Crippen molar-refractivity contribution in [3.05, 3.63) is 48.0 Å². The first-order valence-electron chi connectivity index (χ1n) is 8.70. The summed E-state index contributed by atoms with van der Waals surface area (Å²) in [6.07, 6.45) is 0. The van der Waals surface area contributed by atoms with Crippen molar-refractivity contribution in [1.82, 2.24) is 4.90 Å². The third-order valence-corrected chi connectivity index (χ3v) is 4.58. The van der Waals surface area contributed by atoms with Gasteiger partial charge in [0.25, 0.3) is 0 Å². The number of urea groups is 1. The fourth-order valence-electron chi connectivity index (χ4n) is 3.09. The van der Waals surface area contributed by atoms with E-state index < -0.39 is 0 Å². The van der Waals surface area contributed by atoms with Crippen molar-refractivity contribution in [2.75, 3.05) is 50.6 Å². The van der Waals surface area contributed by atoms with Gasteiger partial charge < -0.3 is 24.6 Å². The molecule has 0 radical (unpaired) electrons. The summed E-state index contributed by atoms with van der Waals surface area (Å²) in [6, 6.07) is 13.7. The summed E-state index contributed by atoms with van der Waals surface area (Å²) in [6.45, 7) is 5.08. The number of hydrogen-bond acceptors (Lipinski definition) is 4. The molecule has 0 aliphatic carbocycles. The molecule has 1 saturated heterocycles. The zero-order valence-electron chi connectivity index (χ0n) is 15.5. The molecule has 0 spiro atoms. The molecule has 0 saturated carbocycles. The molecule has 3 rings (SSSR count). The number of piperazine rings is 1. The fourth-order valence-corrected chi connectivity index (χ4v) is 3.09. The van der Waals surface area contributed by atoms with E-state index in [0.717, 1.165) is 13.1 Å². The first-order chi connectivity index (χ1) is 12.6. The van der Waals surface area contributed by atoms with Crippen molar-refractivity contribution in [2.45, 2.75) is 6.92 Å². The van der Waals surface area contributed by atoms with Crippen LogP contribution in [0.5, 0.6) is 11.5 Å². The van der Waals surface area contributed by atoms with Crippen molar-refractivity contribution in [3.63, 3.8) is 0 Å². The zero-order chi connectivity index (χ0) is 18.5. The number of hydrogen-bond donors (Lipinski definition) is 1. The number of nitrogens with one attached hydrogen (secondary N) is 1. The highest BCUT2D eigenvalue weighted by Gasteiger charge is 2.22. The van der Waals surface area contributed by atoms with Crippen molar-refractivity contribution in [1.29, 1.82) is 0 Å². The summed E-state index contributed by atoms with van der Waals surface area (Å²) in [4.78, 5) is 16.7. The second kappa shape index (κ2) is 7.99. The highest BCUT2D eigenvalue weighted by Crippen LogP contribution is 2.29. The van der Waals surface area contributed by atoms with Crippen LogP contribution in [0.2, 0.25) is 0 Å². The first kappa shape index (κ1) is 17.9. The molecule has 6 heteroatoms. The number of methoxy groups -OCH3 is 2. The van der Waals surface area contributed by atoms with Crippen molar-refractivity contribution < 1.29 is 14.3 Å². The maximum Gasteiger partial charge on any atom is 0.322 e. The van der Waals surface area contributed by atoms with Crippen LogP contribution < -0.4 is 19.7 Å². The van der Waals surface area contributed by atoms with Gasteiger partial charge in [-0.1, -0.05) is 12.1 Å². The van der Waals surface area contributed by atoms with Crippen LogP contribution in [0.3, 0.4) is 0 Å². The van der Waals surface area contributed by atoms with Crippen LogP contribution in [0.25, 0.3) is 0 Å². The molecular weight excluding hydrogens is 330 g/mol. The highest BCUT2D eigenvalue weighted by atomic mass is 16.5. The number of rotatable bonds is 4. The van der Waals surface area contributed by atoms with Crippen molar-refractivity contribution in [3.8, 4) is 11.5 Å². The Morgan fingerprint density at radius 2 is 1.77 bits per heavy atom. The molecule has 0 atom stereocenters. The maximum atomic E-state index is 12.6. The van der Waals surface area contributed by atoms with E-state index in [9.17, 15) is 4.79 Å². The Balaban J connectivity index is 1.60. The molecule has 0 aromatic heterocycles. The smallest absolute Gasteiger partial charge is 0.322 e. The third kappa shape index (κ3) is 4.02. The quantitative estimate of drug-likeness (QED) is 0.914. The number of nitrogens with zero attached hydrogens (tertiary/aromatic N) is 2. The van der Waals surface area contributed by atoms with Gasteiger partial charge in [-0.2, -0.15) is 0 Å². The van der Waals surface area contributed by atoms with Crippen LogP contribution in [0, 0.1) is 6.92 Å². The second-order valence-corrected chi connectivity index (χ2v) is 6.31. The van der Waals surface area contributed by atoms with Crippen LogP contribution >= 0.6 is 0 Å².